The number of carbonyl (C=O) groups is 2. The number of halogens is 1. The monoisotopic (exact) mass is 302 g/mol. The number of rotatable bonds is 3. The van der Waals surface area contributed by atoms with E-state index in [1.54, 1.807) is 11.4 Å². The van der Waals surface area contributed by atoms with Gasteiger partial charge in [-0.15, -0.1) is 23.7 Å². The third-order valence-electron chi connectivity index (χ3n) is 3.33. The van der Waals surface area contributed by atoms with Crippen molar-refractivity contribution in [3.63, 3.8) is 0 Å². The molecule has 1 N–H and O–H groups in total. The first kappa shape index (κ1) is 16.1. The lowest BCUT2D eigenvalue weighted by Crippen LogP contribution is -2.46. The summed E-state index contributed by atoms with van der Waals surface area (Å²) in [5.41, 5.74) is 0.630. The smallest absolute Gasteiger partial charge is 0.263 e. The highest BCUT2D eigenvalue weighted by atomic mass is 35.5. The van der Waals surface area contributed by atoms with Crippen molar-refractivity contribution < 1.29 is 9.59 Å². The quantitative estimate of drug-likeness (QED) is 0.871. The third kappa shape index (κ3) is 3.78. The van der Waals surface area contributed by atoms with E-state index in [-0.39, 0.29) is 24.1 Å². The highest BCUT2D eigenvalue weighted by Gasteiger charge is 2.24. The van der Waals surface area contributed by atoms with Gasteiger partial charge in [-0.25, -0.2) is 0 Å². The average molecular weight is 303 g/mol. The van der Waals surface area contributed by atoms with E-state index < -0.39 is 0 Å². The van der Waals surface area contributed by atoms with Gasteiger partial charge in [-0.05, 0) is 32.9 Å². The topological polar surface area (TPSA) is 49.4 Å². The number of amides is 1. The first-order chi connectivity index (χ1) is 8.61. The molecule has 0 spiro atoms. The zero-order chi connectivity index (χ0) is 13.1. The molecule has 0 aliphatic carbocycles. The van der Waals surface area contributed by atoms with Crippen LogP contribution < -0.4 is 5.32 Å². The molecule has 4 nitrogen and oxygen atoms in total. The maximum atomic E-state index is 12.3. The number of piperidine rings is 1. The van der Waals surface area contributed by atoms with Crippen molar-refractivity contribution in [2.45, 2.75) is 25.8 Å². The van der Waals surface area contributed by atoms with Gasteiger partial charge in [0, 0.05) is 30.1 Å². The molecule has 1 aliphatic heterocycles. The fraction of sp³-hybridized carbons (Fsp3) is 0.538. The Kier molecular flexibility index (Phi) is 5.97. The van der Waals surface area contributed by atoms with Crippen LogP contribution in [0.1, 0.15) is 39.8 Å². The Balaban J connectivity index is 0.00000180. The van der Waals surface area contributed by atoms with E-state index in [9.17, 15) is 9.59 Å². The summed E-state index contributed by atoms with van der Waals surface area (Å²) in [5.74, 6) is 0.0597. The molecule has 1 aromatic heterocycles. The first-order valence-electron chi connectivity index (χ1n) is 6.18. The number of thiophene rings is 1. The summed E-state index contributed by atoms with van der Waals surface area (Å²) in [7, 11) is 1.93. The maximum Gasteiger partial charge on any atom is 0.263 e. The number of hydrogen-bond acceptors (Lipinski definition) is 4. The molecular weight excluding hydrogens is 284 g/mol. The van der Waals surface area contributed by atoms with Crippen LogP contribution in [-0.4, -0.2) is 42.8 Å². The van der Waals surface area contributed by atoms with Crippen LogP contribution in [0.3, 0.4) is 0 Å². The molecule has 2 rings (SSSR count). The zero-order valence-electron chi connectivity index (χ0n) is 11.1. The average Bonchev–Trinajstić information content (AvgIpc) is 2.87. The van der Waals surface area contributed by atoms with E-state index >= 15 is 0 Å². The molecule has 6 heteroatoms. The van der Waals surface area contributed by atoms with Gasteiger partial charge in [-0.1, -0.05) is 0 Å². The molecule has 1 unspecified atom stereocenters. The summed E-state index contributed by atoms with van der Waals surface area (Å²) >= 11 is 1.36. The Hall–Kier alpha value is -0.910. The SMILES string of the molecule is CNC1CCCN(C(=O)c2cc(C(C)=O)cs2)C1.Cl. The third-order valence-corrected chi connectivity index (χ3v) is 4.25. The maximum absolute atomic E-state index is 12.3. The van der Waals surface area contributed by atoms with Crippen molar-refractivity contribution in [2.24, 2.45) is 0 Å². The number of carbonyl (C=O) groups excluding carboxylic acids is 2. The van der Waals surface area contributed by atoms with E-state index in [1.807, 2.05) is 11.9 Å². The van der Waals surface area contributed by atoms with E-state index in [0.717, 1.165) is 25.9 Å². The second kappa shape index (κ2) is 7.03. The van der Waals surface area contributed by atoms with Crippen molar-refractivity contribution in [1.29, 1.82) is 0 Å². The van der Waals surface area contributed by atoms with Gasteiger partial charge in [0.1, 0.15) is 0 Å². The molecule has 19 heavy (non-hydrogen) atoms. The number of likely N-dealkylation sites (N-methyl/N-ethyl adjacent to an activating group) is 1. The summed E-state index contributed by atoms with van der Waals surface area (Å²) in [6, 6.07) is 2.09. The minimum Gasteiger partial charge on any atom is -0.336 e. The van der Waals surface area contributed by atoms with Gasteiger partial charge in [0.05, 0.1) is 4.88 Å². The zero-order valence-corrected chi connectivity index (χ0v) is 12.8. The first-order valence-corrected chi connectivity index (χ1v) is 7.05. The van der Waals surface area contributed by atoms with E-state index in [1.165, 1.54) is 18.3 Å². The summed E-state index contributed by atoms with van der Waals surface area (Å²) in [6.45, 7) is 3.08. The van der Waals surface area contributed by atoms with E-state index in [4.69, 9.17) is 0 Å². The van der Waals surface area contributed by atoms with Gasteiger partial charge in [-0.3, -0.25) is 9.59 Å². The second-order valence-corrected chi connectivity index (χ2v) is 5.55. The van der Waals surface area contributed by atoms with Crippen molar-refractivity contribution in [3.05, 3.63) is 21.9 Å². The standard InChI is InChI=1S/C13H18N2O2S.ClH/c1-9(16)10-6-12(18-8-10)13(17)15-5-3-4-11(7-15)14-2;/h6,8,11,14H,3-5,7H2,1-2H3;1H. The van der Waals surface area contributed by atoms with Crippen molar-refractivity contribution in [2.75, 3.05) is 20.1 Å². The Morgan fingerprint density at radius 2 is 2.21 bits per heavy atom. The molecule has 0 radical (unpaired) electrons. The van der Waals surface area contributed by atoms with E-state index in [0.29, 0.717) is 16.5 Å². The summed E-state index contributed by atoms with van der Waals surface area (Å²) in [4.78, 5) is 26.1. The lowest BCUT2D eigenvalue weighted by molar-refractivity contribution is 0.0703. The highest BCUT2D eigenvalue weighted by Crippen LogP contribution is 2.20. The van der Waals surface area contributed by atoms with Crippen LogP contribution in [0, 0.1) is 0 Å². The summed E-state index contributed by atoms with van der Waals surface area (Å²) < 4.78 is 0. The fourth-order valence-corrected chi connectivity index (χ4v) is 3.10. The van der Waals surface area contributed by atoms with Crippen molar-refractivity contribution in [1.82, 2.24) is 10.2 Å². The van der Waals surface area contributed by atoms with Crippen LogP contribution in [0.5, 0.6) is 0 Å². The predicted molar refractivity (Wildman–Crippen MR) is 79.6 cm³/mol. The molecule has 1 aromatic rings. The molecule has 1 aliphatic rings. The number of ketones is 1. The number of nitrogens with zero attached hydrogens (tertiary/aromatic N) is 1. The van der Waals surface area contributed by atoms with Crippen LogP contribution in [0.15, 0.2) is 11.4 Å². The van der Waals surface area contributed by atoms with Crippen LogP contribution in [0.2, 0.25) is 0 Å². The number of hydrogen-bond donors (Lipinski definition) is 1. The molecular formula is C13H19ClN2O2S. The van der Waals surface area contributed by atoms with Crippen molar-refractivity contribution >= 4 is 35.4 Å². The number of nitrogens with one attached hydrogen (secondary N) is 1. The second-order valence-electron chi connectivity index (χ2n) is 4.63. The van der Waals surface area contributed by atoms with Gasteiger partial charge in [0.15, 0.2) is 5.78 Å². The molecule has 0 aromatic carbocycles. The molecule has 2 heterocycles. The Bertz CT molecular complexity index is 461. The molecule has 0 saturated carbocycles. The summed E-state index contributed by atoms with van der Waals surface area (Å²) in [5, 5.41) is 4.98. The minimum atomic E-state index is 0. The number of likely N-dealkylation sites (tertiary alicyclic amines) is 1. The van der Waals surface area contributed by atoms with Gasteiger partial charge >= 0.3 is 0 Å². The van der Waals surface area contributed by atoms with Gasteiger partial charge in [-0.2, -0.15) is 0 Å². The Morgan fingerprint density at radius 3 is 2.79 bits per heavy atom. The lowest BCUT2D eigenvalue weighted by Gasteiger charge is -2.32. The highest BCUT2D eigenvalue weighted by molar-refractivity contribution is 7.12. The molecule has 0 bridgehead atoms. The molecule has 1 saturated heterocycles. The van der Waals surface area contributed by atoms with Crippen LogP contribution in [0.25, 0.3) is 0 Å². The molecule has 1 fully saturated rings. The largest absolute Gasteiger partial charge is 0.336 e. The normalized spacial score (nSPS) is 18.8. The molecule has 106 valence electrons. The minimum absolute atomic E-state index is 0. The Labute approximate surface area is 123 Å². The van der Waals surface area contributed by atoms with Crippen LogP contribution in [-0.2, 0) is 0 Å². The van der Waals surface area contributed by atoms with Crippen LogP contribution >= 0.6 is 23.7 Å². The van der Waals surface area contributed by atoms with Crippen molar-refractivity contribution in [3.8, 4) is 0 Å². The summed E-state index contributed by atoms with van der Waals surface area (Å²) in [6.07, 6.45) is 2.14. The van der Waals surface area contributed by atoms with E-state index in [2.05, 4.69) is 5.32 Å². The number of Topliss-reactive ketones (excluding diaryl/α,β-unsaturated/α-hetero) is 1. The fourth-order valence-electron chi connectivity index (χ4n) is 2.19. The Morgan fingerprint density at radius 1 is 1.47 bits per heavy atom. The van der Waals surface area contributed by atoms with Gasteiger partial charge in [0.25, 0.3) is 5.91 Å². The van der Waals surface area contributed by atoms with Crippen LogP contribution in [0.4, 0.5) is 0 Å². The van der Waals surface area contributed by atoms with Gasteiger partial charge < -0.3 is 10.2 Å². The predicted octanol–water partition coefficient (Wildman–Crippen LogP) is 2.20. The lowest BCUT2D eigenvalue weighted by atomic mass is 10.1. The van der Waals surface area contributed by atoms with Gasteiger partial charge in [0.2, 0.25) is 0 Å². The molecule has 1 amide bonds. The molecule has 1 atom stereocenters.